The third kappa shape index (κ3) is 3.42. The van der Waals surface area contributed by atoms with Gasteiger partial charge in [0.25, 0.3) is 0 Å². The SMILES string of the molecule is c1ccc2c(c1)-c1ccccc1C21c2ccccc2-c2cc(-c3ccc4oc5ccc(-n6c7ccccc7c7ccccc76)cc5c4c3)ccc21. The van der Waals surface area contributed by atoms with Gasteiger partial charge in [-0.05, 0) is 104 Å². The van der Waals surface area contributed by atoms with E-state index in [1.165, 1.54) is 77.4 Å². The van der Waals surface area contributed by atoms with Crippen molar-refractivity contribution in [1.29, 1.82) is 0 Å². The first kappa shape index (κ1) is 27.2. The van der Waals surface area contributed by atoms with Gasteiger partial charge >= 0.3 is 0 Å². The Balaban J connectivity index is 1.05. The van der Waals surface area contributed by atoms with E-state index in [4.69, 9.17) is 4.42 Å². The van der Waals surface area contributed by atoms with Crippen molar-refractivity contribution in [3.05, 3.63) is 198 Å². The molecule has 0 saturated carbocycles. The van der Waals surface area contributed by atoms with Gasteiger partial charge in [0.15, 0.2) is 0 Å². The van der Waals surface area contributed by atoms with Gasteiger partial charge in [-0.3, -0.25) is 0 Å². The van der Waals surface area contributed by atoms with Crippen LogP contribution in [0.2, 0.25) is 0 Å². The summed E-state index contributed by atoms with van der Waals surface area (Å²) in [6, 6.07) is 64.7. The van der Waals surface area contributed by atoms with Gasteiger partial charge in [-0.2, -0.15) is 0 Å². The highest BCUT2D eigenvalue weighted by atomic mass is 16.3. The number of furan rings is 1. The van der Waals surface area contributed by atoms with Gasteiger partial charge in [0.2, 0.25) is 0 Å². The Morgan fingerprint density at radius 2 is 0.824 bits per heavy atom. The molecular formula is C49H29NO. The van der Waals surface area contributed by atoms with Crippen LogP contribution in [0.3, 0.4) is 0 Å². The molecule has 0 fully saturated rings. The Kier molecular flexibility index (Phi) is 5.20. The number of hydrogen-bond donors (Lipinski definition) is 0. The molecule has 2 aliphatic carbocycles. The van der Waals surface area contributed by atoms with Crippen LogP contribution in [-0.4, -0.2) is 4.57 Å². The first-order chi connectivity index (χ1) is 25.3. The van der Waals surface area contributed by atoms with Gasteiger partial charge in [0.05, 0.1) is 16.4 Å². The van der Waals surface area contributed by atoms with E-state index in [1.807, 2.05) is 0 Å². The van der Waals surface area contributed by atoms with Crippen LogP contribution in [0.25, 0.3) is 82.8 Å². The van der Waals surface area contributed by atoms with E-state index in [0.717, 1.165) is 27.6 Å². The summed E-state index contributed by atoms with van der Waals surface area (Å²) in [5, 5.41) is 4.77. The molecule has 0 saturated heterocycles. The molecule has 2 aliphatic rings. The molecule has 0 unspecified atom stereocenters. The minimum Gasteiger partial charge on any atom is -0.456 e. The molecule has 0 radical (unpaired) electrons. The fraction of sp³-hybridized carbons (Fsp3) is 0.0204. The third-order valence-electron chi connectivity index (χ3n) is 11.6. The Labute approximate surface area is 294 Å². The van der Waals surface area contributed by atoms with Crippen molar-refractivity contribution >= 4 is 43.7 Å². The Hall–Kier alpha value is -6.64. The summed E-state index contributed by atoms with van der Waals surface area (Å²) in [5.41, 5.74) is 18.1. The second kappa shape index (κ2) is 9.74. The zero-order valence-electron chi connectivity index (χ0n) is 27.6. The highest BCUT2D eigenvalue weighted by Gasteiger charge is 2.51. The average Bonchev–Trinajstić information content (AvgIpc) is 3.91. The molecule has 236 valence electrons. The number of rotatable bonds is 2. The van der Waals surface area contributed by atoms with Crippen molar-refractivity contribution in [2.45, 2.75) is 5.41 Å². The van der Waals surface area contributed by atoms with Gasteiger partial charge in [-0.1, -0.05) is 127 Å². The quantitative estimate of drug-likeness (QED) is 0.183. The van der Waals surface area contributed by atoms with E-state index in [-0.39, 0.29) is 5.41 Å². The van der Waals surface area contributed by atoms with Crippen LogP contribution in [0, 0.1) is 0 Å². The lowest BCUT2D eigenvalue weighted by atomic mass is 9.70. The first-order valence-electron chi connectivity index (χ1n) is 17.7. The second-order valence-electron chi connectivity index (χ2n) is 14.0. The highest BCUT2D eigenvalue weighted by molar-refractivity contribution is 6.11. The van der Waals surface area contributed by atoms with Crippen LogP contribution >= 0.6 is 0 Å². The fourth-order valence-electron chi connectivity index (χ4n) is 9.56. The van der Waals surface area contributed by atoms with Crippen molar-refractivity contribution in [3.63, 3.8) is 0 Å². The van der Waals surface area contributed by atoms with Gasteiger partial charge in [0, 0.05) is 27.2 Å². The van der Waals surface area contributed by atoms with Crippen LogP contribution in [0.1, 0.15) is 22.3 Å². The van der Waals surface area contributed by atoms with Crippen molar-refractivity contribution in [3.8, 4) is 39.1 Å². The normalized spacial score (nSPS) is 13.6. The number of aromatic nitrogens is 1. The minimum atomic E-state index is -0.328. The molecule has 2 heterocycles. The van der Waals surface area contributed by atoms with Crippen LogP contribution in [0.15, 0.2) is 180 Å². The molecule has 0 bridgehead atoms. The summed E-state index contributed by atoms with van der Waals surface area (Å²) < 4.78 is 8.81. The largest absolute Gasteiger partial charge is 0.456 e. The maximum atomic E-state index is 6.43. The van der Waals surface area contributed by atoms with Crippen molar-refractivity contribution in [2.24, 2.45) is 0 Å². The number of nitrogens with zero attached hydrogens (tertiary/aromatic N) is 1. The van der Waals surface area contributed by atoms with E-state index < -0.39 is 0 Å². The monoisotopic (exact) mass is 647 g/mol. The topological polar surface area (TPSA) is 18.1 Å². The molecule has 12 rings (SSSR count). The van der Waals surface area contributed by atoms with Crippen molar-refractivity contribution in [2.75, 3.05) is 0 Å². The third-order valence-corrected chi connectivity index (χ3v) is 11.6. The summed E-state index contributed by atoms with van der Waals surface area (Å²) in [5.74, 6) is 0. The summed E-state index contributed by atoms with van der Waals surface area (Å²) in [6.45, 7) is 0. The molecule has 0 amide bonds. The van der Waals surface area contributed by atoms with Gasteiger partial charge in [0.1, 0.15) is 11.2 Å². The molecule has 8 aromatic carbocycles. The van der Waals surface area contributed by atoms with Gasteiger partial charge in [-0.25, -0.2) is 0 Å². The van der Waals surface area contributed by atoms with Crippen molar-refractivity contribution in [1.82, 2.24) is 4.57 Å². The average molecular weight is 648 g/mol. The van der Waals surface area contributed by atoms with Gasteiger partial charge < -0.3 is 8.98 Å². The van der Waals surface area contributed by atoms with Crippen LogP contribution in [0.5, 0.6) is 0 Å². The van der Waals surface area contributed by atoms with E-state index in [0.29, 0.717) is 0 Å². The zero-order chi connectivity index (χ0) is 33.3. The molecule has 0 N–H and O–H groups in total. The van der Waals surface area contributed by atoms with Crippen LogP contribution in [-0.2, 0) is 5.41 Å². The maximum Gasteiger partial charge on any atom is 0.135 e. The maximum absolute atomic E-state index is 6.43. The van der Waals surface area contributed by atoms with E-state index in [2.05, 4.69) is 180 Å². The Morgan fingerprint density at radius 1 is 0.353 bits per heavy atom. The summed E-state index contributed by atoms with van der Waals surface area (Å²) >= 11 is 0. The predicted octanol–water partition coefficient (Wildman–Crippen LogP) is 12.7. The molecule has 2 heteroatoms. The van der Waals surface area contributed by atoms with Crippen LogP contribution in [0.4, 0.5) is 0 Å². The lowest BCUT2D eigenvalue weighted by Gasteiger charge is -2.30. The van der Waals surface area contributed by atoms with E-state index in [9.17, 15) is 0 Å². The zero-order valence-corrected chi connectivity index (χ0v) is 27.6. The summed E-state index contributed by atoms with van der Waals surface area (Å²) in [4.78, 5) is 0. The van der Waals surface area contributed by atoms with E-state index >= 15 is 0 Å². The van der Waals surface area contributed by atoms with Gasteiger partial charge in [-0.15, -0.1) is 0 Å². The number of fused-ring (bicyclic) bond motifs is 16. The van der Waals surface area contributed by atoms with Crippen LogP contribution < -0.4 is 0 Å². The molecule has 2 aromatic heterocycles. The molecule has 0 atom stereocenters. The first-order valence-corrected chi connectivity index (χ1v) is 17.7. The molecule has 10 aromatic rings. The fourth-order valence-corrected chi connectivity index (χ4v) is 9.56. The Morgan fingerprint density at radius 3 is 1.47 bits per heavy atom. The molecule has 51 heavy (non-hydrogen) atoms. The highest BCUT2D eigenvalue weighted by Crippen LogP contribution is 2.63. The van der Waals surface area contributed by atoms with Crippen molar-refractivity contribution < 1.29 is 4.42 Å². The minimum absolute atomic E-state index is 0.328. The standard InChI is InChI=1S/C49H29NO/c1-6-16-41-33(11-1)34-12-2-7-17-42(34)49(41)43-18-8-3-13-35(43)38-27-30(21-24-44(38)49)31-22-25-47-39(28-31)40-29-32(23-26-48(40)51-47)50-45-19-9-4-14-36(45)37-15-5-10-20-46(37)50/h1-29H. The number of hydrogen-bond acceptors (Lipinski definition) is 1. The summed E-state index contributed by atoms with van der Waals surface area (Å²) in [7, 11) is 0. The lowest BCUT2D eigenvalue weighted by Crippen LogP contribution is -2.25. The number of para-hydroxylation sites is 2. The predicted molar refractivity (Wildman–Crippen MR) is 210 cm³/mol. The molecule has 2 nitrogen and oxygen atoms in total. The molecular weight excluding hydrogens is 619 g/mol. The number of benzene rings is 8. The molecule has 0 aliphatic heterocycles. The summed E-state index contributed by atoms with van der Waals surface area (Å²) in [6.07, 6.45) is 0. The Bertz CT molecular complexity index is 3000. The lowest BCUT2D eigenvalue weighted by molar-refractivity contribution is 0.669. The second-order valence-corrected chi connectivity index (χ2v) is 14.0. The van der Waals surface area contributed by atoms with E-state index in [1.54, 1.807) is 0 Å². The smallest absolute Gasteiger partial charge is 0.135 e. The molecule has 1 spiro atoms.